The van der Waals surface area contributed by atoms with E-state index in [1.807, 2.05) is 12.1 Å². The van der Waals surface area contributed by atoms with Crippen molar-refractivity contribution in [2.45, 2.75) is 18.4 Å². The van der Waals surface area contributed by atoms with Gasteiger partial charge in [-0.25, -0.2) is 0 Å². The van der Waals surface area contributed by atoms with E-state index in [9.17, 15) is 0 Å². The van der Waals surface area contributed by atoms with Crippen molar-refractivity contribution in [3.63, 3.8) is 0 Å². The Balaban J connectivity index is 2.00. The number of hydrogen-bond donors (Lipinski definition) is 0. The van der Waals surface area contributed by atoms with Gasteiger partial charge in [-0.2, -0.15) is 0 Å². The predicted molar refractivity (Wildman–Crippen MR) is 52.8 cm³/mol. The van der Waals surface area contributed by atoms with Crippen LogP contribution in [0.3, 0.4) is 0 Å². The van der Waals surface area contributed by atoms with Gasteiger partial charge in [0.2, 0.25) is 0 Å². The SMILES string of the molecule is [Si][C@H]1C[C@@H]1Cc1ccc(Cl)cc1. The van der Waals surface area contributed by atoms with Crippen molar-refractivity contribution in [2.75, 3.05) is 0 Å². The summed E-state index contributed by atoms with van der Waals surface area (Å²) in [5.41, 5.74) is 2.14. The fourth-order valence-corrected chi connectivity index (χ4v) is 1.94. The van der Waals surface area contributed by atoms with Crippen molar-refractivity contribution in [3.05, 3.63) is 34.9 Å². The van der Waals surface area contributed by atoms with Crippen LogP contribution in [0.2, 0.25) is 10.6 Å². The summed E-state index contributed by atoms with van der Waals surface area (Å²) in [5, 5.41) is 0.824. The van der Waals surface area contributed by atoms with Gasteiger partial charge in [0, 0.05) is 15.3 Å². The lowest BCUT2D eigenvalue weighted by Crippen LogP contribution is -1.87. The van der Waals surface area contributed by atoms with Gasteiger partial charge in [-0.15, -0.1) is 0 Å². The van der Waals surface area contributed by atoms with Gasteiger partial charge >= 0.3 is 0 Å². The van der Waals surface area contributed by atoms with Crippen LogP contribution in [0.4, 0.5) is 0 Å². The lowest BCUT2D eigenvalue weighted by Gasteiger charge is -1.98. The highest BCUT2D eigenvalue weighted by molar-refractivity contribution is 6.30. The zero-order valence-electron chi connectivity index (χ0n) is 6.76. The van der Waals surface area contributed by atoms with Crippen molar-refractivity contribution in [2.24, 2.45) is 5.92 Å². The third kappa shape index (κ3) is 1.90. The molecule has 1 aromatic rings. The second-order valence-corrected chi connectivity index (χ2v) is 4.61. The maximum Gasteiger partial charge on any atom is 0.0406 e. The third-order valence-corrected chi connectivity index (χ3v) is 3.29. The molecule has 12 heavy (non-hydrogen) atoms. The Morgan fingerprint density at radius 2 is 1.92 bits per heavy atom. The summed E-state index contributed by atoms with van der Waals surface area (Å²) in [6.45, 7) is 0. The fraction of sp³-hybridized carbons (Fsp3) is 0.400. The highest BCUT2D eigenvalue weighted by atomic mass is 35.5. The molecule has 2 rings (SSSR count). The van der Waals surface area contributed by atoms with E-state index in [4.69, 9.17) is 11.6 Å². The molecule has 0 N–H and O–H groups in total. The zero-order chi connectivity index (χ0) is 8.55. The molecule has 61 valence electrons. The minimum absolute atomic E-state index is 0.751. The second-order valence-electron chi connectivity index (χ2n) is 3.43. The summed E-state index contributed by atoms with van der Waals surface area (Å²) in [6, 6.07) is 8.14. The maximum atomic E-state index is 5.78. The number of benzene rings is 1. The Labute approximate surface area is 81.4 Å². The molecule has 0 unspecified atom stereocenters. The van der Waals surface area contributed by atoms with E-state index >= 15 is 0 Å². The summed E-state index contributed by atoms with van der Waals surface area (Å²) in [7, 11) is 3.64. The van der Waals surface area contributed by atoms with Gasteiger partial charge in [-0.05, 0) is 35.6 Å². The van der Waals surface area contributed by atoms with E-state index in [1.165, 1.54) is 18.4 Å². The number of halogens is 1. The topological polar surface area (TPSA) is 0 Å². The van der Waals surface area contributed by atoms with Crippen molar-refractivity contribution in [3.8, 4) is 0 Å². The molecule has 1 aliphatic carbocycles. The molecule has 3 radical (unpaired) electrons. The molecule has 0 heterocycles. The minimum Gasteiger partial charge on any atom is -0.0843 e. The summed E-state index contributed by atoms with van der Waals surface area (Å²) in [6.07, 6.45) is 2.50. The molecule has 0 aromatic heterocycles. The summed E-state index contributed by atoms with van der Waals surface area (Å²) < 4.78 is 0. The van der Waals surface area contributed by atoms with Crippen molar-refractivity contribution >= 4 is 21.8 Å². The molecule has 1 aliphatic rings. The molecule has 2 atom stereocenters. The Kier molecular flexibility index (Phi) is 2.24. The van der Waals surface area contributed by atoms with Crippen LogP contribution in [0, 0.1) is 5.92 Å². The smallest absolute Gasteiger partial charge is 0.0406 e. The standard InChI is InChI=1S/C10H10ClSi/c11-9-3-1-7(2-4-9)5-8-6-10(8)12/h1-4,8,10H,5-6H2/t8-,10-/m0/s1. The molecule has 0 spiro atoms. The zero-order valence-corrected chi connectivity index (χ0v) is 8.51. The Morgan fingerprint density at radius 1 is 1.33 bits per heavy atom. The van der Waals surface area contributed by atoms with Crippen LogP contribution in [0.25, 0.3) is 0 Å². The minimum atomic E-state index is 0.751. The van der Waals surface area contributed by atoms with Gasteiger partial charge in [0.05, 0.1) is 0 Å². The van der Waals surface area contributed by atoms with Gasteiger partial charge < -0.3 is 0 Å². The van der Waals surface area contributed by atoms with Crippen LogP contribution in [-0.4, -0.2) is 10.2 Å². The third-order valence-electron chi connectivity index (χ3n) is 2.33. The fourth-order valence-electron chi connectivity index (χ4n) is 1.40. The maximum absolute atomic E-state index is 5.78. The molecule has 1 fully saturated rings. The van der Waals surface area contributed by atoms with E-state index in [0.717, 1.165) is 16.5 Å². The quantitative estimate of drug-likeness (QED) is 0.634. The molecular formula is C10H10ClSi. The van der Waals surface area contributed by atoms with Gasteiger partial charge in [0.25, 0.3) is 0 Å². The van der Waals surface area contributed by atoms with Crippen LogP contribution in [0.1, 0.15) is 12.0 Å². The van der Waals surface area contributed by atoms with Gasteiger partial charge in [0.1, 0.15) is 0 Å². The molecule has 0 nitrogen and oxygen atoms in total. The molecule has 0 bridgehead atoms. The van der Waals surface area contributed by atoms with Crippen LogP contribution in [-0.2, 0) is 6.42 Å². The molecule has 2 heteroatoms. The van der Waals surface area contributed by atoms with Crippen LogP contribution >= 0.6 is 11.6 Å². The van der Waals surface area contributed by atoms with E-state index in [-0.39, 0.29) is 0 Å². The van der Waals surface area contributed by atoms with Crippen molar-refractivity contribution in [1.29, 1.82) is 0 Å². The van der Waals surface area contributed by atoms with Gasteiger partial charge in [-0.3, -0.25) is 0 Å². The van der Waals surface area contributed by atoms with Crippen LogP contribution < -0.4 is 0 Å². The first-order valence-electron chi connectivity index (χ1n) is 4.21. The second kappa shape index (κ2) is 3.23. The van der Waals surface area contributed by atoms with Gasteiger partial charge in [-0.1, -0.05) is 30.2 Å². The normalized spacial score (nSPS) is 27.2. The Hall–Kier alpha value is -0.273. The predicted octanol–water partition coefficient (Wildman–Crippen LogP) is 2.86. The number of rotatable bonds is 2. The Bertz CT molecular complexity index is 268. The largest absolute Gasteiger partial charge is 0.0843 e. The average Bonchev–Trinajstić information content (AvgIpc) is 2.72. The summed E-state index contributed by atoms with van der Waals surface area (Å²) in [4.78, 5) is 0. The Morgan fingerprint density at radius 3 is 2.42 bits per heavy atom. The van der Waals surface area contributed by atoms with Crippen molar-refractivity contribution in [1.82, 2.24) is 0 Å². The number of hydrogen-bond acceptors (Lipinski definition) is 0. The average molecular weight is 194 g/mol. The molecule has 1 saturated carbocycles. The van der Waals surface area contributed by atoms with Gasteiger partial charge in [0.15, 0.2) is 0 Å². The van der Waals surface area contributed by atoms with Crippen LogP contribution in [0.15, 0.2) is 24.3 Å². The lowest BCUT2D eigenvalue weighted by atomic mass is 10.1. The highest BCUT2D eigenvalue weighted by Gasteiger charge is 2.31. The van der Waals surface area contributed by atoms with Crippen molar-refractivity contribution < 1.29 is 0 Å². The first kappa shape index (κ1) is 8.33. The first-order valence-corrected chi connectivity index (χ1v) is 5.17. The summed E-state index contributed by atoms with van der Waals surface area (Å²) in [5.74, 6) is 0.850. The van der Waals surface area contributed by atoms with E-state index in [0.29, 0.717) is 0 Å². The lowest BCUT2D eigenvalue weighted by molar-refractivity contribution is 0.832. The molecule has 0 amide bonds. The monoisotopic (exact) mass is 193 g/mol. The van der Waals surface area contributed by atoms with E-state index < -0.39 is 0 Å². The summed E-state index contributed by atoms with van der Waals surface area (Å²) >= 11 is 5.78. The van der Waals surface area contributed by atoms with E-state index in [2.05, 4.69) is 22.4 Å². The molecule has 0 saturated heterocycles. The van der Waals surface area contributed by atoms with Crippen LogP contribution in [0.5, 0.6) is 0 Å². The van der Waals surface area contributed by atoms with E-state index in [1.54, 1.807) is 0 Å². The first-order chi connectivity index (χ1) is 5.75. The highest BCUT2D eigenvalue weighted by Crippen LogP contribution is 2.43. The molecule has 1 aromatic carbocycles. The molecule has 0 aliphatic heterocycles. The molecular weight excluding hydrogens is 184 g/mol.